The van der Waals surface area contributed by atoms with Gasteiger partial charge in [0.25, 0.3) is 0 Å². The van der Waals surface area contributed by atoms with E-state index < -0.39 is 5.54 Å². The normalized spacial score (nSPS) is 15.9. The van der Waals surface area contributed by atoms with Crippen LogP contribution in [-0.4, -0.2) is 24.5 Å². The molecular weight excluding hydrogens is 292 g/mol. The SMILES string of the molecule is COC(=O)C1(NC(=O)Cc2ccc(N)cc2)CCCC1.Cl. The van der Waals surface area contributed by atoms with Gasteiger partial charge in [0.15, 0.2) is 0 Å². The number of esters is 1. The smallest absolute Gasteiger partial charge is 0.331 e. The van der Waals surface area contributed by atoms with Crippen LogP contribution in [0.25, 0.3) is 0 Å². The highest BCUT2D eigenvalue weighted by Gasteiger charge is 2.43. The number of hydrogen-bond acceptors (Lipinski definition) is 4. The summed E-state index contributed by atoms with van der Waals surface area (Å²) < 4.78 is 4.83. The van der Waals surface area contributed by atoms with Gasteiger partial charge in [0, 0.05) is 5.69 Å². The molecule has 1 fully saturated rings. The minimum Gasteiger partial charge on any atom is -0.467 e. The monoisotopic (exact) mass is 312 g/mol. The van der Waals surface area contributed by atoms with Gasteiger partial charge >= 0.3 is 5.97 Å². The lowest BCUT2D eigenvalue weighted by Crippen LogP contribution is -2.53. The van der Waals surface area contributed by atoms with Crippen molar-refractivity contribution in [3.8, 4) is 0 Å². The first-order valence-electron chi connectivity index (χ1n) is 6.79. The largest absolute Gasteiger partial charge is 0.467 e. The molecule has 0 aliphatic heterocycles. The summed E-state index contributed by atoms with van der Waals surface area (Å²) in [7, 11) is 1.36. The summed E-state index contributed by atoms with van der Waals surface area (Å²) in [5.74, 6) is -0.511. The summed E-state index contributed by atoms with van der Waals surface area (Å²) in [6, 6.07) is 7.14. The van der Waals surface area contributed by atoms with Crippen molar-refractivity contribution in [3.05, 3.63) is 29.8 Å². The lowest BCUT2D eigenvalue weighted by Gasteiger charge is -2.27. The quantitative estimate of drug-likeness (QED) is 0.656. The number of nitrogens with two attached hydrogens (primary N) is 1. The zero-order valence-electron chi connectivity index (χ0n) is 12.1. The van der Waals surface area contributed by atoms with Crippen LogP contribution in [-0.2, 0) is 20.7 Å². The topological polar surface area (TPSA) is 81.4 Å². The molecule has 0 saturated heterocycles. The van der Waals surface area contributed by atoms with Gasteiger partial charge in [-0.1, -0.05) is 25.0 Å². The molecule has 1 aromatic carbocycles. The van der Waals surface area contributed by atoms with E-state index in [0.717, 1.165) is 18.4 Å². The van der Waals surface area contributed by atoms with Gasteiger partial charge in [-0.2, -0.15) is 0 Å². The predicted molar refractivity (Wildman–Crippen MR) is 83.2 cm³/mol. The van der Waals surface area contributed by atoms with Gasteiger partial charge in [-0.25, -0.2) is 4.79 Å². The third-order valence-electron chi connectivity index (χ3n) is 3.76. The fourth-order valence-corrected chi connectivity index (χ4v) is 2.69. The molecular formula is C15H21ClN2O3. The van der Waals surface area contributed by atoms with E-state index in [0.29, 0.717) is 18.5 Å². The van der Waals surface area contributed by atoms with E-state index in [2.05, 4.69) is 5.32 Å². The molecule has 6 heteroatoms. The van der Waals surface area contributed by atoms with E-state index in [1.807, 2.05) is 12.1 Å². The lowest BCUT2D eigenvalue weighted by molar-refractivity contribution is -0.150. The summed E-state index contributed by atoms with van der Waals surface area (Å²) in [4.78, 5) is 24.0. The van der Waals surface area contributed by atoms with E-state index in [1.165, 1.54) is 7.11 Å². The molecule has 1 aromatic rings. The Kier molecular flexibility index (Phi) is 6.03. The molecule has 1 amide bonds. The summed E-state index contributed by atoms with van der Waals surface area (Å²) >= 11 is 0. The molecule has 3 N–H and O–H groups in total. The minimum absolute atomic E-state index is 0. The van der Waals surface area contributed by atoms with E-state index in [-0.39, 0.29) is 30.7 Å². The van der Waals surface area contributed by atoms with Crippen LogP contribution in [0.3, 0.4) is 0 Å². The Morgan fingerprint density at radius 1 is 1.24 bits per heavy atom. The molecule has 0 atom stereocenters. The summed E-state index contributed by atoms with van der Waals surface area (Å²) in [5, 5.41) is 2.86. The van der Waals surface area contributed by atoms with Crippen molar-refractivity contribution in [3.63, 3.8) is 0 Å². The molecule has 2 rings (SSSR count). The highest BCUT2D eigenvalue weighted by Crippen LogP contribution is 2.30. The standard InChI is InChI=1S/C15H20N2O3.ClH/c1-20-14(19)15(8-2-3-9-15)17-13(18)10-11-4-6-12(16)7-5-11;/h4-7H,2-3,8-10,16H2,1H3,(H,17,18);1H. The number of halogens is 1. The van der Waals surface area contributed by atoms with Crippen LogP contribution in [0.15, 0.2) is 24.3 Å². The van der Waals surface area contributed by atoms with E-state index in [9.17, 15) is 9.59 Å². The summed E-state index contributed by atoms with van der Waals surface area (Å²) in [5.41, 5.74) is 6.31. The Bertz CT molecular complexity index is 496. The molecule has 0 unspecified atom stereocenters. The number of nitrogen functional groups attached to an aromatic ring is 1. The second-order valence-corrected chi connectivity index (χ2v) is 5.25. The number of carbonyl (C=O) groups is 2. The van der Waals surface area contributed by atoms with Crippen LogP contribution in [0, 0.1) is 0 Å². The maximum absolute atomic E-state index is 12.1. The van der Waals surface area contributed by atoms with E-state index >= 15 is 0 Å². The highest BCUT2D eigenvalue weighted by atomic mass is 35.5. The first-order chi connectivity index (χ1) is 9.55. The summed E-state index contributed by atoms with van der Waals surface area (Å²) in [6.07, 6.45) is 3.38. The van der Waals surface area contributed by atoms with Gasteiger partial charge < -0.3 is 15.8 Å². The molecule has 0 spiro atoms. The molecule has 0 bridgehead atoms. The number of carbonyl (C=O) groups excluding carboxylic acids is 2. The Hall–Kier alpha value is -1.75. The number of methoxy groups -OCH3 is 1. The fourth-order valence-electron chi connectivity index (χ4n) is 2.69. The van der Waals surface area contributed by atoms with Crippen LogP contribution >= 0.6 is 12.4 Å². The Balaban J connectivity index is 0.00000220. The molecule has 0 aromatic heterocycles. The number of rotatable bonds is 4. The van der Waals surface area contributed by atoms with Gasteiger partial charge in [0.05, 0.1) is 13.5 Å². The van der Waals surface area contributed by atoms with Gasteiger partial charge in [0.2, 0.25) is 5.91 Å². The number of hydrogen-bond donors (Lipinski definition) is 2. The maximum Gasteiger partial charge on any atom is 0.331 e. The van der Waals surface area contributed by atoms with Crippen molar-refractivity contribution >= 4 is 30.0 Å². The number of ether oxygens (including phenoxy) is 1. The van der Waals surface area contributed by atoms with E-state index in [4.69, 9.17) is 10.5 Å². The number of benzene rings is 1. The summed E-state index contributed by atoms with van der Waals surface area (Å²) in [6.45, 7) is 0. The van der Waals surface area contributed by atoms with Crippen molar-refractivity contribution < 1.29 is 14.3 Å². The molecule has 21 heavy (non-hydrogen) atoms. The minimum atomic E-state index is -0.834. The molecule has 116 valence electrons. The second-order valence-electron chi connectivity index (χ2n) is 5.25. The highest BCUT2D eigenvalue weighted by molar-refractivity contribution is 5.89. The van der Waals surface area contributed by atoms with Crippen molar-refractivity contribution in [2.24, 2.45) is 0 Å². The average Bonchev–Trinajstić information content (AvgIpc) is 2.90. The van der Waals surface area contributed by atoms with Gasteiger partial charge in [-0.3, -0.25) is 4.79 Å². The third kappa shape index (κ3) is 4.11. The van der Waals surface area contributed by atoms with Crippen LogP contribution in [0.1, 0.15) is 31.2 Å². The van der Waals surface area contributed by atoms with Crippen molar-refractivity contribution in [1.82, 2.24) is 5.32 Å². The maximum atomic E-state index is 12.1. The average molecular weight is 313 g/mol. The Morgan fingerprint density at radius 3 is 2.33 bits per heavy atom. The molecule has 5 nitrogen and oxygen atoms in total. The van der Waals surface area contributed by atoms with Crippen molar-refractivity contribution in [1.29, 1.82) is 0 Å². The molecule has 1 saturated carbocycles. The first kappa shape index (κ1) is 17.3. The third-order valence-corrected chi connectivity index (χ3v) is 3.76. The zero-order chi connectivity index (χ0) is 14.6. The first-order valence-corrected chi connectivity index (χ1v) is 6.79. The molecule has 0 radical (unpaired) electrons. The molecule has 1 aliphatic rings. The van der Waals surface area contributed by atoms with Gasteiger partial charge in [-0.05, 0) is 30.5 Å². The van der Waals surface area contributed by atoms with Gasteiger partial charge in [-0.15, -0.1) is 12.4 Å². The molecule has 1 aliphatic carbocycles. The molecule has 0 heterocycles. The van der Waals surface area contributed by atoms with Crippen molar-refractivity contribution in [2.75, 3.05) is 12.8 Å². The number of amides is 1. The fraction of sp³-hybridized carbons (Fsp3) is 0.467. The van der Waals surface area contributed by atoms with Crippen LogP contribution < -0.4 is 11.1 Å². The van der Waals surface area contributed by atoms with Crippen LogP contribution in [0.5, 0.6) is 0 Å². The van der Waals surface area contributed by atoms with Gasteiger partial charge in [0.1, 0.15) is 5.54 Å². The van der Waals surface area contributed by atoms with Crippen molar-refractivity contribution in [2.45, 2.75) is 37.6 Å². The Morgan fingerprint density at radius 2 is 1.81 bits per heavy atom. The van der Waals surface area contributed by atoms with Crippen LogP contribution in [0.4, 0.5) is 5.69 Å². The Labute approximate surface area is 130 Å². The van der Waals surface area contributed by atoms with E-state index in [1.54, 1.807) is 12.1 Å². The predicted octanol–water partition coefficient (Wildman–Crippen LogP) is 1.84. The zero-order valence-corrected chi connectivity index (χ0v) is 12.9. The lowest BCUT2D eigenvalue weighted by atomic mass is 9.97. The number of anilines is 1. The second kappa shape index (κ2) is 7.31. The van der Waals surface area contributed by atoms with Crippen LogP contribution in [0.2, 0.25) is 0 Å². The number of nitrogens with one attached hydrogen (secondary N) is 1.